The predicted molar refractivity (Wildman–Crippen MR) is 77.0 cm³/mol. The van der Waals surface area contributed by atoms with Crippen molar-refractivity contribution in [3.8, 4) is 11.1 Å². The Morgan fingerprint density at radius 2 is 1.24 bits per heavy atom. The monoisotopic (exact) mass is 342 g/mol. The summed E-state index contributed by atoms with van der Waals surface area (Å²) in [7, 11) is -2.17. The van der Waals surface area contributed by atoms with Crippen molar-refractivity contribution in [1.29, 1.82) is 0 Å². The normalized spacial score (nSPS) is 9.18. The Balaban J connectivity index is 0.000000317. The maximum atomic E-state index is 7.17. The molecule has 0 aliphatic carbocycles. The van der Waals surface area contributed by atoms with E-state index in [-0.39, 0.29) is 0 Å². The molecule has 0 saturated carbocycles. The van der Waals surface area contributed by atoms with Crippen LogP contribution in [0, 0.1) is 3.57 Å². The van der Waals surface area contributed by atoms with Crippen LogP contribution in [0.25, 0.3) is 11.1 Å². The van der Waals surface area contributed by atoms with Crippen molar-refractivity contribution in [2.75, 3.05) is 0 Å². The third-order valence-electron chi connectivity index (χ3n) is 1.96. The number of rotatable bonds is 1. The van der Waals surface area contributed by atoms with Gasteiger partial charge in [0.15, 0.2) is 0 Å². The zero-order valence-electron chi connectivity index (χ0n) is 8.99. The van der Waals surface area contributed by atoms with Crippen LogP contribution < -0.4 is 0 Å². The van der Waals surface area contributed by atoms with Crippen LogP contribution in [0.15, 0.2) is 54.6 Å². The van der Waals surface area contributed by atoms with Crippen molar-refractivity contribution in [2.45, 2.75) is 0 Å². The van der Waals surface area contributed by atoms with E-state index in [1.54, 1.807) is 0 Å². The summed E-state index contributed by atoms with van der Waals surface area (Å²) in [4.78, 5) is 0. The minimum absolute atomic E-state index is 1.28. The minimum atomic E-state index is -2.17. The van der Waals surface area contributed by atoms with Crippen molar-refractivity contribution in [3.63, 3.8) is 0 Å². The molecule has 0 heterocycles. The highest BCUT2D eigenvalue weighted by molar-refractivity contribution is 14.1. The summed E-state index contributed by atoms with van der Waals surface area (Å²) in [5, 5.41) is 21.5. The first kappa shape index (κ1) is 14.2. The van der Waals surface area contributed by atoms with Gasteiger partial charge in [0.1, 0.15) is 0 Å². The summed E-state index contributed by atoms with van der Waals surface area (Å²) in [5.41, 5.74) is 2.59. The Hall–Kier alpha value is -0.885. The van der Waals surface area contributed by atoms with E-state index in [1.165, 1.54) is 14.7 Å². The molecule has 2 aromatic rings. The van der Waals surface area contributed by atoms with E-state index >= 15 is 0 Å². The standard InChI is InChI=1S/C12H9I.BH3O3/c13-12-9-5-4-8-11(12)10-6-2-1-3-7-10;2-1(3)4/h1-9H;2-4H. The molecular weight excluding hydrogens is 330 g/mol. The van der Waals surface area contributed by atoms with Crippen molar-refractivity contribution in [2.24, 2.45) is 0 Å². The Bertz CT molecular complexity index is 446. The molecule has 88 valence electrons. The maximum Gasteiger partial charge on any atom is 0.631 e. The molecule has 0 unspecified atom stereocenters. The topological polar surface area (TPSA) is 60.7 Å². The van der Waals surface area contributed by atoms with E-state index in [0.717, 1.165) is 0 Å². The molecule has 0 aliphatic heterocycles. The van der Waals surface area contributed by atoms with Gasteiger partial charge in [0, 0.05) is 3.57 Å². The molecule has 0 fully saturated rings. The zero-order valence-corrected chi connectivity index (χ0v) is 11.2. The fourth-order valence-corrected chi connectivity index (χ4v) is 2.01. The minimum Gasteiger partial charge on any atom is -0.402 e. The highest BCUT2D eigenvalue weighted by atomic mass is 127. The first-order chi connectivity index (χ1) is 8.11. The Labute approximate surface area is 114 Å². The van der Waals surface area contributed by atoms with Crippen molar-refractivity contribution >= 4 is 29.9 Å². The van der Waals surface area contributed by atoms with Gasteiger partial charge in [-0.15, -0.1) is 0 Å². The molecule has 3 nitrogen and oxygen atoms in total. The molecular formula is C12H12BIO3. The molecule has 3 N–H and O–H groups in total. The van der Waals surface area contributed by atoms with E-state index in [1.807, 2.05) is 6.07 Å². The van der Waals surface area contributed by atoms with Crippen LogP contribution in [0.1, 0.15) is 0 Å². The summed E-state index contributed by atoms with van der Waals surface area (Å²) >= 11 is 2.36. The average molecular weight is 342 g/mol. The second-order valence-electron chi connectivity index (χ2n) is 3.19. The highest BCUT2D eigenvalue weighted by Gasteiger charge is 1.99. The van der Waals surface area contributed by atoms with E-state index in [0.29, 0.717) is 0 Å². The molecule has 0 radical (unpaired) electrons. The quantitative estimate of drug-likeness (QED) is 0.548. The molecule has 0 amide bonds. The Kier molecular flexibility index (Phi) is 6.21. The maximum absolute atomic E-state index is 7.17. The van der Waals surface area contributed by atoms with Gasteiger partial charge < -0.3 is 15.1 Å². The molecule has 0 saturated heterocycles. The lowest BCUT2D eigenvalue weighted by Crippen LogP contribution is -2.07. The van der Waals surface area contributed by atoms with Gasteiger partial charge in [-0.05, 0) is 39.8 Å². The van der Waals surface area contributed by atoms with Crippen LogP contribution >= 0.6 is 22.6 Å². The van der Waals surface area contributed by atoms with Crippen molar-refractivity contribution < 1.29 is 15.1 Å². The Morgan fingerprint density at radius 1 is 0.765 bits per heavy atom. The third kappa shape index (κ3) is 5.32. The summed E-state index contributed by atoms with van der Waals surface area (Å²) in [6.45, 7) is 0. The number of hydrogen-bond acceptors (Lipinski definition) is 3. The molecule has 0 atom stereocenters. The summed E-state index contributed by atoms with van der Waals surface area (Å²) in [5.74, 6) is 0. The van der Waals surface area contributed by atoms with Gasteiger partial charge in [-0.25, -0.2) is 0 Å². The first-order valence-electron chi connectivity index (χ1n) is 4.95. The summed E-state index contributed by atoms with van der Waals surface area (Å²) < 4.78 is 1.30. The van der Waals surface area contributed by atoms with Gasteiger partial charge in [-0.2, -0.15) is 0 Å². The fourth-order valence-electron chi connectivity index (χ4n) is 1.31. The van der Waals surface area contributed by atoms with Gasteiger partial charge in [0.05, 0.1) is 0 Å². The Morgan fingerprint density at radius 3 is 1.76 bits per heavy atom. The van der Waals surface area contributed by atoms with Crippen LogP contribution in [0.3, 0.4) is 0 Å². The summed E-state index contributed by atoms with van der Waals surface area (Å²) in [6.07, 6.45) is 0. The van der Waals surface area contributed by atoms with E-state index in [2.05, 4.69) is 71.1 Å². The second-order valence-corrected chi connectivity index (χ2v) is 4.35. The molecule has 0 spiro atoms. The van der Waals surface area contributed by atoms with Crippen LogP contribution in [0.5, 0.6) is 0 Å². The first-order valence-corrected chi connectivity index (χ1v) is 6.03. The van der Waals surface area contributed by atoms with E-state index in [9.17, 15) is 0 Å². The van der Waals surface area contributed by atoms with E-state index in [4.69, 9.17) is 15.1 Å². The average Bonchev–Trinajstić information content (AvgIpc) is 2.30. The molecule has 0 aromatic heterocycles. The number of hydrogen-bond donors (Lipinski definition) is 3. The lowest BCUT2D eigenvalue weighted by molar-refractivity contribution is 0.278. The van der Waals surface area contributed by atoms with Crippen LogP contribution in [0.2, 0.25) is 0 Å². The van der Waals surface area contributed by atoms with Gasteiger partial charge in [-0.1, -0.05) is 48.5 Å². The predicted octanol–water partition coefficient (Wildman–Crippen LogP) is 1.91. The fraction of sp³-hybridized carbons (Fsp3) is 0. The van der Waals surface area contributed by atoms with Gasteiger partial charge in [0.25, 0.3) is 0 Å². The van der Waals surface area contributed by atoms with Crippen molar-refractivity contribution in [1.82, 2.24) is 0 Å². The van der Waals surface area contributed by atoms with Crippen LogP contribution in [0.4, 0.5) is 0 Å². The largest absolute Gasteiger partial charge is 0.631 e. The molecule has 0 bridgehead atoms. The second kappa shape index (κ2) is 7.44. The molecule has 0 aliphatic rings. The van der Waals surface area contributed by atoms with Gasteiger partial charge in [-0.3, -0.25) is 0 Å². The SMILES string of the molecule is Ic1ccccc1-c1ccccc1.OB(O)O. The molecule has 5 heteroatoms. The third-order valence-corrected chi connectivity index (χ3v) is 2.90. The smallest absolute Gasteiger partial charge is 0.402 e. The lowest BCUT2D eigenvalue weighted by Gasteiger charge is -2.02. The van der Waals surface area contributed by atoms with Gasteiger partial charge >= 0.3 is 7.32 Å². The number of halogens is 1. The molecule has 2 rings (SSSR count). The molecule has 2 aromatic carbocycles. The molecule has 17 heavy (non-hydrogen) atoms. The zero-order chi connectivity index (χ0) is 12.7. The van der Waals surface area contributed by atoms with Gasteiger partial charge in [0.2, 0.25) is 0 Å². The lowest BCUT2D eigenvalue weighted by atomic mass is 10.1. The van der Waals surface area contributed by atoms with Crippen molar-refractivity contribution in [3.05, 3.63) is 58.2 Å². The van der Waals surface area contributed by atoms with E-state index < -0.39 is 7.32 Å². The van der Waals surface area contributed by atoms with Crippen LogP contribution in [-0.2, 0) is 0 Å². The van der Waals surface area contributed by atoms with Crippen LogP contribution in [-0.4, -0.2) is 22.4 Å². The summed E-state index contributed by atoms with van der Waals surface area (Å²) in [6, 6.07) is 18.9. The number of benzene rings is 2. The highest BCUT2D eigenvalue weighted by Crippen LogP contribution is 2.24.